The maximum atomic E-state index is 12.4. The molecule has 0 saturated carbocycles. The highest BCUT2D eigenvalue weighted by Gasteiger charge is 2.19. The van der Waals surface area contributed by atoms with Crippen LogP contribution in [0.1, 0.15) is 58.2 Å². The Hall–Kier alpha value is -3.47. The highest BCUT2D eigenvalue weighted by Crippen LogP contribution is 2.19. The van der Waals surface area contributed by atoms with E-state index in [0.717, 1.165) is 11.1 Å². The van der Waals surface area contributed by atoms with Crippen LogP contribution in [0, 0.1) is 0 Å². The summed E-state index contributed by atoms with van der Waals surface area (Å²) in [4.78, 5) is 28.9. The van der Waals surface area contributed by atoms with E-state index in [1.165, 1.54) is 12.1 Å². The lowest BCUT2D eigenvalue weighted by molar-refractivity contribution is 0.0322. The van der Waals surface area contributed by atoms with Gasteiger partial charge in [0.1, 0.15) is 23.6 Å². The maximum absolute atomic E-state index is 12.4. The van der Waals surface area contributed by atoms with Crippen molar-refractivity contribution in [3.63, 3.8) is 0 Å². The number of ether oxygens (including phenoxy) is 2. The van der Waals surface area contributed by atoms with E-state index in [9.17, 15) is 9.59 Å². The third-order valence-electron chi connectivity index (χ3n) is 4.27. The summed E-state index contributed by atoms with van der Waals surface area (Å²) in [7, 11) is 0. The van der Waals surface area contributed by atoms with Crippen molar-refractivity contribution >= 4 is 11.9 Å². The molecule has 0 aliphatic heterocycles. The van der Waals surface area contributed by atoms with Crippen LogP contribution >= 0.6 is 0 Å². The zero-order valence-electron chi connectivity index (χ0n) is 15.7. The van der Waals surface area contributed by atoms with E-state index < -0.39 is 24.1 Å². The molecule has 3 rings (SSSR count). The Morgan fingerprint density at radius 3 is 1.43 bits per heavy atom. The summed E-state index contributed by atoms with van der Waals surface area (Å²) in [5.41, 5.74) is 1.88. The Bertz CT molecular complexity index is 866. The van der Waals surface area contributed by atoms with Crippen LogP contribution in [0.4, 0.5) is 0 Å². The molecule has 0 N–H and O–H groups in total. The molecular weight excluding hydrogens is 354 g/mol. The van der Waals surface area contributed by atoms with Gasteiger partial charge in [-0.2, -0.15) is 0 Å². The number of hydrogen-bond acceptors (Lipinski definition) is 5. The Labute approximate surface area is 164 Å². The average Bonchev–Trinajstić information content (AvgIpc) is 2.75. The molecule has 5 heteroatoms. The predicted octanol–water partition coefficient (Wildman–Crippen LogP) is 4.92. The van der Waals surface area contributed by atoms with Crippen molar-refractivity contribution in [3.8, 4) is 0 Å². The monoisotopic (exact) mass is 375 g/mol. The zero-order valence-corrected chi connectivity index (χ0v) is 15.7. The number of benzene rings is 2. The second-order valence-electron chi connectivity index (χ2n) is 6.32. The van der Waals surface area contributed by atoms with Crippen molar-refractivity contribution in [1.82, 2.24) is 4.98 Å². The van der Waals surface area contributed by atoms with Crippen LogP contribution in [-0.2, 0) is 9.47 Å². The predicted molar refractivity (Wildman–Crippen MR) is 105 cm³/mol. The number of nitrogens with zero attached hydrogens (tertiary/aromatic N) is 1. The topological polar surface area (TPSA) is 65.5 Å². The van der Waals surface area contributed by atoms with Crippen molar-refractivity contribution in [3.05, 3.63) is 101 Å². The minimum Gasteiger partial charge on any atom is -0.453 e. The number of hydrogen-bond donors (Lipinski definition) is 0. The van der Waals surface area contributed by atoms with Gasteiger partial charge in [0.25, 0.3) is 0 Å². The Kier molecular flexibility index (Phi) is 6.17. The number of carbonyl (C=O) groups is 2. The number of carbonyl (C=O) groups excluding carboxylic acids is 2. The van der Waals surface area contributed by atoms with Crippen LogP contribution in [0.5, 0.6) is 0 Å². The van der Waals surface area contributed by atoms with Gasteiger partial charge in [0.15, 0.2) is 0 Å². The van der Waals surface area contributed by atoms with Crippen LogP contribution in [0.3, 0.4) is 0 Å². The van der Waals surface area contributed by atoms with E-state index in [2.05, 4.69) is 4.98 Å². The van der Waals surface area contributed by atoms with Crippen molar-refractivity contribution < 1.29 is 19.1 Å². The van der Waals surface area contributed by atoms with E-state index in [1.54, 1.807) is 19.9 Å². The minimum absolute atomic E-state index is 0.0598. The molecule has 3 aromatic rings. The molecular formula is C23H21NO4. The number of aromatic nitrogens is 1. The van der Waals surface area contributed by atoms with E-state index in [-0.39, 0.29) is 11.4 Å². The van der Waals surface area contributed by atoms with Gasteiger partial charge in [0, 0.05) is 0 Å². The molecule has 28 heavy (non-hydrogen) atoms. The highest BCUT2D eigenvalue weighted by molar-refractivity contribution is 5.91. The molecule has 0 amide bonds. The summed E-state index contributed by atoms with van der Waals surface area (Å²) >= 11 is 0. The lowest BCUT2D eigenvalue weighted by atomic mass is 10.1. The van der Waals surface area contributed by atoms with Gasteiger partial charge in [-0.25, -0.2) is 14.6 Å². The second kappa shape index (κ2) is 8.95. The molecule has 1 aromatic heterocycles. The first kappa shape index (κ1) is 19.3. The Morgan fingerprint density at radius 1 is 0.643 bits per heavy atom. The van der Waals surface area contributed by atoms with Gasteiger partial charge >= 0.3 is 11.9 Å². The third kappa shape index (κ3) is 4.82. The van der Waals surface area contributed by atoms with Crippen molar-refractivity contribution in [2.24, 2.45) is 0 Å². The first-order valence-corrected chi connectivity index (χ1v) is 9.03. The minimum atomic E-state index is -0.595. The molecule has 2 aromatic carbocycles. The average molecular weight is 375 g/mol. The third-order valence-corrected chi connectivity index (χ3v) is 4.27. The molecule has 0 aliphatic rings. The number of esters is 2. The van der Waals surface area contributed by atoms with Crippen LogP contribution in [0.2, 0.25) is 0 Å². The summed E-state index contributed by atoms with van der Waals surface area (Å²) < 4.78 is 10.9. The lowest BCUT2D eigenvalue weighted by Gasteiger charge is -2.14. The first-order valence-electron chi connectivity index (χ1n) is 9.03. The number of pyridine rings is 1. The molecule has 0 saturated heterocycles. The molecule has 0 spiro atoms. The van der Waals surface area contributed by atoms with Crippen LogP contribution < -0.4 is 0 Å². The summed E-state index contributed by atoms with van der Waals surface area (Å²) in [5, 5.41) is 0. The van der Waals surface area contributed by atoms with Gasteiger partial charge in [0.2, 0.25) is 0 Å². The Morgan fingerprint density at radius 2 is 1.04 bits per heavy atom. The molecule has 0 fully saturated rings. The standard InChI is InChI=1S/C23H21NO4/c1-16(18-10-5-3-6-11-18)27-22(25)20-14-9-15-21(24-20)23(26)28-17(2)19-12-7-4-8-13-19/h3-17H,1-2H3/t16-,17-/m1/s1. The van der Waals surface area contributed by atoms with Crippen molar-refractivity contribution in [2.75, 3.05) is 0 Å². The van der Waals surface area contributed by atoms with Gasteiger partial charge < -0.3 is 9.47 Å². The van der Waals surface area contributed by atoms with Crippen molar-refractivity contribution in [1.29, 1.82) is 0 Å². The van der Waals surface area contributed by atoms with Gasteiger partial charge in [-0.1, -0.05) is 66.7 Å². The largest absolute Gasteiger partial charge is 0.453 e. The molecule has 1 heterocycles. The van der Waals surface area contributed by atoms with Crippen LogP contribution in [0.15, 0.2) is 78.9 Å². The Balaban J connectivity index is 1.67. The number of rotatable bonds is 6. The molecule has 0 aliphatic carbocycles. The summed E-state index contributed by atoms with van der Waals surface area (Å²) in [6.45, 7) is 3.57. The summed E-state index contributed by atoms with van der Waals surface area (Å²) in [6.07, 6.45) is -0.853. The lowest BCUT2D eigenvalue weighted by Crippen LogP contribution is -2.15. The fourth-order valence-corrected chi connectivity index (χ4v) is 2.69. The fraction of sp³-hybridized carbons (Fsp3) is 0.174. The fourth-order valence-electron chi connectivity index (χ4n) is 2.69. The summed E-state index contributed by atoms with van der Waals surface area (Å²) in [6, 6.07) is 23.4. The van der Waals surface area contributed by atoms with E-state index in [4.69, 9.17) is 9.47 Å². The van der Waals surface area contributed by atoms with Crippen LogP contribution in [-0.4, -0.2) is 16.9 Å². The van der Waals surface area contributed by atoms with Crippen LogP contribution in [0.25, 0.3) is 0 Å². The van der Waals surface area contributed by atoms with Gasteiger partial charge in [-0.3, -0.25) is 0 Å². The van der Waals surface area contributed by atoms with E-state index in [1.807, 2.05) is 60.7 Å². The molecule has 142 valence electrons. The van der Waals surface area contributed by atoms with Gasteiger partial charge in [-0.05, 0) is 37.1 Å². The molecule has 0 radical (unpaired) electrons. The second-order valence-corrected chi connectivity index (χ2v) is 6.32. The molecule has 2 atom stereocenters. The highest BCUT2D eigenvalue weighted by atomic mass is 16.5. The van der Waals surface area contributed by atoms with E-state index in [0.29, 0.717) is 0 Å². The maximum Gasteiger partial charge on any atom is 0.357 e. The van der Waals surface area contributed by atoms with Gasteiger partial charge in [-0.15, -0.1) is 0 Å². The molecule has 0 unspecified atom stereocenters. The molecule has 0 bridgehead atoms. The normalized spacial score (nSPS) is 12.6. The molecule has 5 nitrogen and oxygen atoms in total. The van der Waals surface area contributed by atoms with Crippen molar-refractivity contribution in [2.45, 2.75) is 26.1 Å². The quantitative estimate of drug-likeness (QED) is 0.572. The smallest absolute Gasteiger partial charge is 0.357 e. The SMILES string of the molecule is C[C@@H](OC(=O)c1cccc(C(=O)O[C@H](C)c2ccccc2)n1)c1ccccc1. The summed E-state index contributed by atoms with van der Waals surface area (Å²) in [5.74, 6) is -1.19. The van der Waals surface area contributed by atoms with E-state index >= 15 is 0 Å². The first-order chi connectivity index (χ1) is 13.5. The van der Waals surface area contributed by atoms with Gasteiger partial charge in [0.05, 0.1) is 0 Å². The zero-order chi connectivity index (χ0) is 19.9.